The van der Waals surface area contributed by atoms with Gasteiger partial charge in [0, 0.05) is 0 Å². The summed E-state index contributed by atoms with van der Waals surface area (Å²) in [4.78, 5) is 0. The van der Waals surface area contributed by atoms with E-state index in [0.29, 0.717) is 11.8 Å². The maximum atomic E-state index is 10.9. The minimum absolute atomic E-state index is 0.0749. The Labute approximate surface area is 94.3 Å². The van der Waals surface area contributed by atoms with Gasteiger partial charge in [0.25, 0.3) is 0 Å². The summed E-state index contributed by atoms with van der Waals surface area (Å²) in [7, 11) is 0. The standard InChI is InChI=1S/C14H26O/c1-10-9-11-7-5-6-8-12(11)14(4,15)13(10,2)3/h10-12,15H,5-9H2,1-4H3/t10?,11?,12-,14?/m1/s1. The van der Waals surface area contributed by atoms with E-state index in [2.05, 4.69) is 27.7 Å². The van der Waals surface area contributed by atoms with E-state index in [1.165, 1.54) is 32.1 Å². The predicted octanol–water partition coefficient (Wildman–Crippen LogP) is 3.61. The van der Waals surface area contributed by atoms with Crippen LogP contribution in [0.15, 0.2) is 0 Å². The minimum Gasteiger partial charge on any atom is -0.389 e. The van der Waals surface area contributed by atoms with Crippen molar-refractivity contribution < 1.29 is 5.11 Å². The molecule has 2 aliphatic carbocycles. The zero-order valence-corrected chi connectivity index (χ0v) is 10.7. The molecule has 2 rings (SSSR count). The Morgan fingerprint density at radius 3 is 2.33 bits per heavy atom. The third kappa shape index (κ3) is 1.54. The lowest BCUT2D eigenvalue weighted by atomic mass is 9.50. The van der Waals surface area contributed by atoms with Gasteiger partial charge in [-0.3, -0.25) is 0 Å². The molecule has 1 N–H and O–H groups in total. The Kier molecular flexibility index (Phi) is 2.65. The first-order valence-electron chi connectivity index (χ1n) is 6.59. The van der Waals surface area contributed by atoms with Crippen LogP contribution in [0.4, 0.5) is 0 Å². The first-order valence-corrected chi connectivity index (χ1v) is 6.59. The average molecular weight is 210 g/mol. The van der Waals surface area contributed by atoms with E-state index < -0.39 is 5.60 Å². The summed E-state index contributed by atoms with van der Waals surface area (Å²) < 4.78 is 0. The highest BCUT2D eigenvalue weighted by molar-refractivity contribution is 5.05. The van der Waals surface area contributed by atoms with Crippen LogP contribution in [0.5, 0.6) is 0 Å². The number of hydrogen-bond acceptors (Lipinski definition) is 1. The van der Waals surface area contributed by atoms with E-state index in [0.717, 1.165) is 5.92 Å². The fourth-order valence-corrected chi connectivity index (χ4v) is 3.96. The molecule has 1 heteroatoms. The van der Waals surface area contributed by atoms with Gasteiger partial charge in [-0.2, -0.15) is 0 Å². The van der Waals surface area contributed by atoms with Gasteiger partial charge in [0.05, 0.1) is 5.60 Å². The molecule has 2 aliphatic rings. The topological polar surface area (TPSA) is 20.2 Å². The molecule has 3 unspecified atom stereocenters. The number of rotatable bonds is 0. The van der Waals surface area contributed by atoms with Crippen molar-refractivity contribution in [2.24, 2.45) is 23.2 Å². The zero-order valence-electron chi connectivity index (χ0n) is 10.7. The number of hydrogen-bond donors (Lipinski definition) is 1. The highest BCUT2D eigenvalue weighted by Crippen LogP contribution is 2.56. The summed E-state index contributed by atoms with van der Waals surface area (Å²) in [5.41, 5.74) is -0.388. The maximum absolute atomic E-state index is 10.9. The van der Waals surface area contributed by atoms with Crippen LogP contribution < -0.4 is 0 Å². The Morgan fingerprint density at radius 2 is 1.67 bits per heavy atom. The molecular weight excluding hydrogens is 184 g/mol. The molecule has 0 amide bonds. The summed E-state index contributed by atoms with van der Waals surface area (Å²) in [6, 6.07) is 0. The first-order chi connectivity index (χ1) is 6.87. The van der Waals surface area contributed by atoms with Gasteiger partial charge in [0.15, 0.2) is 0 Å². The molecular formula is C14H26O. The Hall–Kier alpha value is -0.0400. The molecule has 0 aliphatic heterocycles. The lowest BCUT2D eigenvalue weighted by Gasteiger charge is -2.57. The van der Waals surface area contributed by atoms with Crippen molar-refractivity contribution in [3.8, 4) is 0 Å². The third-order valence-electron chi connectivity index (χ3n) is 5.82. The largest absolute Gasteiger partial charge is 0.389 e. The highest BCUT2D eigenvalue weighted by atomic mass is 16.3. The van der Waals surface area contributed by atoms with Gasteiger partial charge in [0.2, 0.25) is 0 Å². The van der Waals surface area contributed by atoms with Crippen molar-refractivity contribution in [3.63, 3.8) is 0 Å². The van der Waals surface area contributed by atoms with E-state index in [-0.39, 0.29) is 5.41 Å². The Balaban J connectivity index is 2.29. The van der Waals surface area contributed by atoms with Gasteiger partial charge in [0.1, 0.15) is 0 Å². The second-order valence-corrected chi connectivity index (χ2v) is 6.66. The van der Waals surface area contributed by atoms with E-state index in [1.807, 2.05) is 0 Å². The molecule has 0 radical (unpaired) electrons. The van der Waals surface area contributed by atoms with E-state index in [9.17, 15) is 5.11 Å². The predicted molar refractivity (Wildman–Crippen MR) is 63.6 cm³/mol. The minimum atomic E-state index is -0.463. The van der Waals surface area contributed by atoms with Gasteiger partial charge in [-0.05, 0) is 42.9 Å². The van der Waals surface area contributed by atoms with Gasteiger partial charge in [-0.1, -0.05) is 40.0 Å². The van der Waals surface area contributed by atoms with Crippen LogP contribution in [-0.4, -0.2) is 10.7 Å². The third-order valence-corrected chi connectivity index (χ3v) is 5.82. The van der Waals surface area contributed by atoms with Crippen LogP contribution in [0.3, 0.4) is 0 Å². The summed E-state index contributed by atoms with van der Waals surface area (Å²) in [6.45, 7) is 8.91. The fraction of sp³-hybridized carbons (Fsp3) is 1.00. The molecule has 0 spiro atoms. The lowest BCUT2D eigenvalue weighted by Crippen LogP contribution is -2.58. The van der Waals surface area contributed by atoms with Crippen molar-refractivity contribution in [1.29, 1.82) is 0 Å². The van der Waals surface area contributed by atoms with Crippen molar-refractivity contribution in [3.05, 3.63) is 0 Å². The molecule has 2 fully saturated rings. The van der Waals surface area contributed by atoms with Crippen LogP contribution >= 0.6 is 0 Å². The summed E-state index contributed by atoms with van der Waals surface area (Å²) >= 11 is 0. The molecule has 0 aromatic carbocycles. The number of fused-ring (bicyclic) bond motifs is 1. The van der Waals surface area contributed by atoms with Crippen LogP contribution in [0.2, 0.25) is 0 Å². The van der Waals surface area contributed by atoms with Crippen LogP contribution in [0.1, 0.15) is 59.8 Å². The molecule has 4 atom stereocenters. The molecule has 0 aromatic rings. The fourth-order valence-electron chi connectivity index (χ4n) is 3.96. The van der Waals surface area contributed by atoms with E-state index in [1.54, 1.807) is 0 Å². The number of aliphatic hydroxyl groups is 1. The van der Waals surface area contributed by atoms with Crippen molar-refractivity contribution >= 4 is 0 Å². The molecule has 0 saturated heterocycles. The normalized spacial score (nSPS) is 49.8. The Morgan fingerprint density at radius 1 is 1.07 bits per heavy atom. The first kappa shape index (κ1) is 11.4. The Bertz CT molecular complexity index is 242. The van der Waals surface area contributed by atoms with E-state index >= 15 is 0 Å². The van der Waals surface area contributed by atoms with Gasteiger partial charge >= 0.3 is 0 Å². The zero-order chi connectivity index (χ0) is 11.3. The van der Waals surface area contributed by atoms with Crippen molar-refractivity contribution in [2.45, 2.75) is 65.4 Å². The van der Waals surface area contributed by atoms with Crippen LogP contribution in [0, 0.1) is 23.2 Å². The smallest absolute Gasteiger partial charge is 0.0703 e. The van der Waals surface area contributed by atoms with E-state index in [4.69, 9.17) is 0 Å². The second kappa shape index (κ2) is 3.48. The molecule has 2 saturated carbocycles. The van der Waals surface area contributed by atoms with Gasteiger partial charge in [-0.25, -0.2) is 0 Å². The molecule has 88 valence electrons. The van der Waals surface area contributed by atoms with Gasteiger partial charge < -0.3 is 5.11 Å². The summed E-state index contributed by atoms with van der Waals surface area (Å²) in [5, 5.41) is 10.9. The quantitative estimate of drug-likeness (QED) is 0.647. The van der Waals surface area contributed by atoms with Crippen LogP contribution in [-0.2, 0) is 0 Å². The van der Waals surface area contributed by atoms with Crippen LogP contribution in [0.25, 0.3) is 0 Å². The summed E-state index contributed by atoms with van der Waals surface area (Å²) in [6.07, 6.45) is 6.62. The monoisotopic (exact) mass is 210 g/mol. The molecule has 0 aromatic heterocycles. The molecule has 0 heterocycles. The average Bonchev–Trinajstić information content (AvgIpc) is 2.16. The van der Waals surface area contributed by atoms with Crippen molar-refractivity contribution in [1.82, 2.24) is 0 Å². The maximum Gasteiger partial charge on any atom is 0.0703 e. The molecule has 0 bridgehead atoms. The SMILES string of the molecule is CC1CC2CCCC[C@H]2C(C)(O)C1(C)C. The van der Waals surface area contributed by atoms with Gasteiger partial charge in [-0.15, -0.1) is 0 Å². The molecule has 1 nitrogen and oxygen atoms in total. The van der Waals surface area contributed by atoms with Crippen molar-refractivity contribution in [2.75, 3.05) is 0 Å². The summed E-state index contributed by atoms with van der Waals surface area (Å²) in [5.74, 6) is 1.99. The second-order valence-electron chi connectivity index (χ2n) is 6.66. The highest BCUT2D eigenvalue weighted by Gasteiger charge is 2.55. The molecule has 15 heavy (non-hydrogen) atoms. The lowest BCUT2D eigenvalue weighted by molar-refractivity contribution is -0.178.